The van der Waals surface area contributed by atoms with E-state index in [1.807, 2.05) is 6.92 Å². The van der Waals surface area contributed by atoms with E-state index in [1.54, 1.807) is 0 Å². The Morgan fingerprint density at radius 1 is 1.25 bits per heavy atom. The van der Waals surface area contributed by atoms with E-state index in [9.17, 15) is 8.42 Å². The first-order chi connectivity index (χ1) is 7.62. The maximum atomic E-state index is 12.2. The van der Waals surface area contributed by atoms with Crippen molar-refractivity contribution in [3.05, 3.63) is 0 Å². The monoisotopic (exact) mass is 250 g/mol. The molecular formula is C10H22N2O3S. The van der Waals surface area contributed by atoms with Crippen LogP contribution in [0.1, 0.15) is 32.6 Å². The van der Waals surface area contributed by atoms with Crippen LogP contribution >= 0.6 is 0 Å². The highest BCUT2D eigenvalue weighted by Crippen LogP contribution is 2.16. The molecule has 0 atom stereocenters. The molecule has 1 saturated heterocycles. The lowest BCUT2D eigenvalue weighted by molar-refractivity contribution is 0.245. The summed E-state index contributed by atoms with van der Waals surface area (Å²) in [5.41, 5.74) is 0. The molecule has 1 heterocycles. The Morgan fingerprint density at radius 3 is 2.38 bits per heavy atom. The first-order valence-electron chi connectivity index (χ1n) is 5.99. The van der Waals surface area contributed by atoms with Crippen LogP contribution in [0.25, 0.3) is 0 Å². The number of rotatable bonds is 7. The van der Waals surface area contributed by atoms with Gasteiger partial charge in [-0.1, -0.05) is 13.3 Å². The highest BCUT2D eigenvalue weighted by atomic mass is 32.2. The van der Waals surface area contributed by atoms with Gasteiger partial charge in [-0.2, -0.15) is 17.0 Å². The first-order valence-corrected chi connectivity index (χ1v) is 7.38. The van der Waals surface area contributed by atoms with Gasteiger partial charge in [-0.3, -0.25) is 0 Å². The summed E-state index contributed by atoms with van der Waals surface area (Å²) < 4.78 is 27.3. The van der Waals surface area contributed by atoms with Crippen LogP contribution in [0.15, 0.2) is 0 Å². The highest BCUT2D eigenvalue weighted by Gasteiger charge is 2.30. The zero-order valence-corrected chi connectivity index (χ0v) is 10.7. The lowest BCUT2D eigenvalue weighted by Gasteiger charge is -2.26. The standard InChI is InChI=1S/C10H22N2O3S/c1-2-3-6-12(9-10-13)16(14,15)11-7-4-5-8-11/h13H,2-10H2,1H3. The van der Waals surface area contributed by atoms with E-state index in [1.165, 1.54) is 8.61 Å². The molecule has 0 aromatic rings. The van der Waals surface area contributed by atoms with E-state index < -0.39 is 10.2 Å². The fourth-order valence-electron chi connectivity index (χ4n) is 1.87. The van der Waals surface area contributed by atoms with Gasteiger partial charge >= 0.3 is 0 Å². The van der Waals surface area contributed by atoms with Gasteiger partial charge in [0, 0.05) is 26.2 Å². The van der Waals surface area contributed by atoms with E-state index >= 15 is 0 Å². The quantitative estimate of drug-likeness (QED) is 0.712. The maximum absolute atomic E-state index is 12.2. The Kier molecular flexibility index (Phi) is 5.68. The van der Waals surface area contributed by atoms with E-state index in [2.05, 4.69) is 0 Å². The summed E-state index contributed by atoms with van der Waals surface area (Å²) in [6, 6.07) is 0. The van der Waals surface area contributed by atoms with Gasteiger partial charge in [0.15, 0.2) is 0 Å². The fourth-order valence-corrected chi connectivity index (χ4v) is 3.59. The zero-order chi connectivity index (χ0) is 12.0. The van der Waals surface area contributed by atoms with Crippen LogP contribution in [0, 0.1) is 0 Å². The number of hydrogen-bond donors (Lipinski definition) is 1. The van der Waals surface area contributed by atoms with Crippen molar-refractivity contribution in [1.29, 1.82) is 0 Å². The van der Waals surface area contributed by atoms with Crippen molar-refractivity contribution in [2.75, 3.05) is 32.8 Å². The Morgan fingerprint density at radius 2 is 1.88 bits per heavy atom. The van der Waals surface area contributed by atoms with Gasteiger partial charge in [0.1, 0.15) is 0 Å². The van der Waals surface area contributed by atoms with Gasteiger partial charge in [-0.15, -0.1) is 0 Å². The lowest BCUT2D eigenvalue weighted by atomic mass is 10.3. The molecule has 1 N–H and O–H groups in total. The summed E-state index contributed by atoms with van der Waals surface area (Å²) in [7, 11) is -3.33. The summed E-state index contributed by atoms with van der Waals surface area (Å²) >= 11 is 0. The van der Waals surface area contributed by atoms with Crippen LogP contribution in [0.3, 0.4) is 0 Å². The minimum Gasteiger partial charge on any atom is -0.395 e. The molecule has 0 radical (unpaired) electrons. The zero-order valence-electron chi connectivity index (χ0n) is 9.93. The normalized spacial score (nSPS) is 18.4. The molecule has 1 aliphatic rings. The van der Waals surface area contributed by atoms with Crippen LogP contribution in [-0.2, 0) is 10.2 Å². The number of aliphatic hydroxyl groups is 1. The number of hydrogen-bond acceptors (Lipinski definition) is 3. The largest absolute Gasteiger partial charge is 0.395 e. The van der Waals surface area contributed by atoms with Gasteiger partial charge in [0.2, 0.25) is 0 Å². The van der Waals surface area contributed by atoms with Crippen molar-refractivity contribution in [2.24, 2.45) is 0 Å². The molecule has 0 bridgehead atoms. The molecule has 0 aliphatic carbocycles. The van der Waals surface area contributed by atoms with Crippen LogP contribution in [0.5, 0.6) is 0 Å². The predicted molar refractivity (Wildman–Crippen MR) is 63.3 cm³/mol. The fraction of sp³-hybridized carbons (Fsp3) is 1.00. The summed E-state index contributed by atoms with van der Waals surface area (Å²) in [6.45, 7) is 3.87. The molecule has 0 aromatic heterocycles. The van der Waals surface area contributed by atoms with Gasteiger partial charge in [-0.25, -0.2) is 0 Å². The molecule has 0 spiro atoms. The van der Waals surface area contributed by atoms with Gasteiger partial charge in [-0.05, 0) is 19.3 Å². The molecule has 5 nitrogen and oxygen atoms in total. The van der Waals surface area contributed by atoms with Gasteiger partial charge in [0.05, 0.1) is 6.61 Å². The van der Waals surface area contributed by atoms with Crippen LogP contribution in [-0.4, -0.2) is 54.9 Å². The van der Waals surface area contributed by atoms with Crippen molar-refractivity contribution in [1.82, 2.24) is 8.61 Å². The molecule has 1 rings (SSSR count). The second-order valence-corrected chi connectivity index (χ2v) is 6.02. The Labute approximate surface area is 98.2 Å². The average Bonchev–Trinajstić information content (AvgIpc) is 2.77. The van der Waals surface area contributed by atoms with Crippen molar-refractivity contribution in [2.45, 2.75) is 32.6 Å². The van der Waals surface area contributed by atoms with Gasteiger partial charge in [0.25, 0.3) is 10.2 Å². The molecule has 1 fully saturated rings. The molecule has 6 heteroatoms. The van der Waals surface area contributed by atoms with Crippen molar-refractivity contribution in [3.63, 3.8) is 0 Å². The van der Waals surface area contributed by atoms with Gasteiger partial charge < -0.3 is 5.11 Å². The second-order valence-electron chi connectivity index (χ2n) is 4.09. The van der Waals surface area contributed by atoms with Crippen molar-refractivity contribution < 1.29 is 13.5 Å². The Balaban J connectivity index is 2.66. The van der Waals surface area contributed by atoms with Crippen LogP contribution < -0.4 is 0 Å². The molecular weight excluding hydrogens is 228 g/mol. The van der Waals surface area contributed by atoms with E-state index in [4.69, 9.17) is 5.11 Å². The number of unbranched alkanes of at least 4 members (excludes halogenated alkanes) is 1. The third-order valence-corrected chi connectivity index (χ3v) is 4.86. The van der Waals surface area contributed by atoms with Crippen molar-refractivity contribution >= 4 is 10.2 Å². The first kappa shape index (κ1) is 13.9. The number of nitrogens with zero attached hydrogens (tertiary/aromatic N) is 2. The molecule has 0 aromatic carbocycles. The minimum atomic E-state index is -3.33. The molecule has 96 valence electrons. The Hall–Kier alpha value is -0.170. The predicted octanol–water partition coefficient (Wildman–Crippen LogP) is 0.421. The third kappa shape index (κ3) is 3.41. The third-order valence-electron chi connectivity index (χ3n) is 2.83. The summed E-state index contributed by atoms with van der Waals surface area (Å²) in [5.74, 6) is 0. The van der Waals surface area contributed by atoms with Crippen LogP contribution in [0.4, 0.5) is 0 Å². The Bertz CT molecular complexity index is 286. The smallest absolute Gasteiger partial charge is 0.282 e. The number of aliphatic hydroxyl groups excluding tert-OH is 1. The molecule has 0 saturated carbocycles. The minimum absolute atomic E-state index is 0.114. The lowest BCUT2D eigenvalue weighted by Crippen LogP contribution is -2.44. The summed E-state index contributed by atoms with van der Waals surface area (Å²) in [6.07, 6.45) is 3.68. The molecule has 16 heavy (non-hydrogen) atoms. The van der Waals surface area contributed by atoms with E-state index in [0.717, 1.165) is 25.7 Å². The summed E-state index contributed by atoms with van der Waals surface area (Å²) in [4.78, 5) is 0. The highest BCUT2D eigenvalue weighted by molar-refractivity contribution is 7.86. The maximum Gasteiger partial charge on any atom is 0.282 e. The van der Waals surface area contributed by atoms with E-state index in [-0.39, 0.29) is 13.2 Å². The molecule has 0 unspecified atom stereocenters. The van der Waals surface area contributed by atoms with Crippen molar-refractivity contribution in [3.8, 4) is 0 Å². The molecule has 1 aliphatic heterocycles. The SMILES string of the molecule is CCCCN(CCO)S(=O)(=O)N1CCCC1. The van der Waals surface area contributed by atoms with E-state index in [0.29, 0.717) is 19.6 Å². The topological polar surface area (TPSA) is 60.9 Å². The summed E-state index contributed by atoms with van der Waals surface area (Å²) in [5, 5.41) is 8.92. The van der Waals surface area contributed by atoms with Crippen LogP contribution in [0.2, 0.25) is 0 Å². The second kappa shape index (κ2) is 6.54. The average molecular weight is 250 g/mol. The molecule has 0 amide bonds.